The molecule has 30 heavy (non-hydrogen) atoms. The minimum absolute atomic E-state index is 0.0927. The number of hydrogen-bond acceptors (Lipinski definition) is 5. The van der Waals surface area contributed by atoms with Crippen LogP contribution in [0.3, 0.4) is 0 Å². The van der Waals surface area contributed by atoms with Crippen LogP contribution in [0.2, 0.25) is 5.02 Å². The molecule has 3 rings (SSSR count). The van der Waals surface area contributed by atoms with Crippen molar-refractivity contribution in [3.63, 3.8) is 0 Å². The van der Waals surface area contributed by atoms with Crippen LogP contribution in [-0.2, 0) is 14.8 Å². The minimum Gasteiger partial charge on any atom is -0.450 e. The van der Waals surface area contributed by atoms with Crippen molar-refractivity contribution in [3.8, 4) is 0 Å². The lowest BCUT2D eigenvalue weighted by atomic mass is 10.2. The average Bonchev–Trinajstić information content (AvgIpc) is 2.75. The van der Waals surface area contributed by atoms with Crippen LogP contribution in [0.25, 0.3) is 0 Å². The van der Waals surface area contributed by atoms with E-state index in [0.717, 1.165) is 0 Å². The van der Waals surface area contributed by atoms with E-state index in [9.17, 15) is 18.0 Å². The Hall–Kier alpha value is -2.62. The summed E-state index contributed by atoms with van der Waals surface area (Å²) in [5, 5.41) is 3.29. The molecule has 0 aromatic heterocycles. The summed E-state index contributed by atoms with van der Waals surface area (Å²) in [5.41, 5.74) is 0.914. The Bertz CT molecular complexity index is 1000. The summed E-state index contributed by atoms with van der Waals surface area (Å²) in [6.45, 7) is 2.88. The molecule has 0 saturated carbocycles. The Morgan fingerprint density at radius 1 is 1.00 bits per heavy atom. The Labute approximate surface area is 180 Å². The smallest absolute Gasteiger partial charge is 0.409 e. The molecule has 1 fully saturated rings. The van der Waals surface area contributed by atoms with Gasteiger partial charge in [-0.1, -0.05) is 11.6 Å². The summed E-state index contributed by atoms with van der Waals surface area (Å²) in [6.07, 6.45) is -0.439. The molecule has 1 aliphatic heterocycles. The summed E-state index contributed by atoms with van der Waals surface area (Å²) in [4.78, 5) is 25.7. The van der Waals surface area contributed by atoms with Crippen LogP contribution in [0.15, 0.2) is 53.4 Å². The Morgan fingerprint density at radius 3 is 2.17 bits per heavy atom. The molecule has 0 spiro atoms. The van der Waals surface area contributed by atoms with Crippen LogP contribution < -0.4 is 5.32 Å². The van der Waals surface area contributed by atoms with Crippen LogP contribution >= 0.6 is 11.6 Å². The van der Waals surface area contributed by atoms with Gasteiger partial charge in [-0.05, 0) is 55.5 Å². The number of nitrogens with one attached hydrogen (secondary N) is 1. The van der Waals surface area contributed by atoms with Gasteiger partial charge in [0.15, 0.2) is 0 Å². The largest absolute Gasteiger partial charge is 0.450 e. The zero-order valence-electron chi connectivity index (χ0n) is 16.4. The monoisotopic (exact) mass is 451 g/mol. The molecule has 10 heteroatoms. The summed E-state index contributed by atoms with van der Waals surface area (Å²) in [7, 11) is -3.72. The van der Waals surface area contributed by atoms with E-state index in [4.69, 9.17) is 16.3 Å². The number of carbonyl (C=O) groups excluding carboxylic acids is 2. The van der Waals surface area contributed by atoms with Gasteiger partial charge in [0.2, 0.25) is 10.0 Å². The van der Waals surface area contributed by atoms with E-state index in [2.05, 4.69) is 5.32 Å². The number of halogens is 1. The van der Waals surface area contributed by atoms with Gasteiger partial charge >= 0.3 is 6.09 Å². The number of benzene rings is 2. The van der Waals surface area contributed by atoms with Gasteiger partial charge in [0, 0.05) is 42.5 Å². The maximum atomic E-state index is 12.9. The van der Waals surface area contributed by atoms with E-state index in [1.165, 1.54) is 33.5 Å². The van der Waals surface area contributed by atoms with Crippen molar-refractivity contribution in [2.75, 3.05) is 38.1 Å². The molecule has 0 aliphatic carbocycles. The Balaban J connectivity index is 1.64. The zero-order valence-corrected chi connectivity index (χ0v) is 17.9. The van der Waals surface area contributed by atoms with Gasteiger partial charge in [-0.25, -0.2) is 13.2 Å². The number of nitrogens with zero attached hydrogens (tertiary/aromatic N) is 2. The number of anilines is 1. The second kappa shape index (κ2) is 9.46. The lowest BCUT2D eigenvalue weighted by molar-refractivity contribution is 0.0933. The molecule has 1 heterocycles. The van der Waals surface area contributed by atoms with E-state index in [-0.39, 0.29) is 43.6 Å². The summed E-state index contributed by atoms with van der Waals surface area (Å²) < 4.78 is 32.0. The molecule has 0 bridgehead atoms. The molecule has 1 saturated heterocycles. The molecule has 0 unspecified atom stereocenters. The first kappa shape index (κ1) is 22.1. The van der Waals surface area contributed by atoms with Crippen LogP contribution in [-0.4, -0.2) is 62.4 Å². The third kappa shape index (κ3) is 5.10. The van der Waals surface area contributed by atoms with Crippen molar-refractivity contribution in [3.05, 3.63) is 59.1 Å². The van der Waals surface area contributed by atoms with E-state index in [1.54, 1.807) is 31.2 Å². The molecule has 2 aromatic rings. The Morgan fingerprint density at radius 2 is 1.60 bits per heavy atom. The topological polar surface area (TPSA) is 96.0 Å². The maximum absolute atomic E-state index is 12.9. The molecule has 1 aliphatic rings. The molecule has 0 atom stereocenters. The third-order valence-electron chi connectivity index (χ3n) is 4.62. The highest BCUT2D eigenvalue weighted by Gasteiger charge is 2.30. The first-order valence-corrected chi connectivity index (χ1v) is 11.2. The fraction of sp³-hybridized carbons (Fsp3) is 0.300. The predicted molar refractivity (Wildman–Crippen MR) is 113 cm³/mol. The summed E-state index contributed by atoms with van der Waals surface area (Å²) in [6, 6.07) is 12.4. The molecule has 0 radical (unpaired) electrons. The van der Waals surface area contributed by atoms with E-state index < -0.39 is 16.1 Å². The fourth-order valence-corrected chi connectivity index (χ4v) is 4.54. The average molecular weight is 452 g/mol. The SMILES string of the molecule is CCOC(=O)N1CCN(S(=O)(=O)c2ccc(C(=O)Nc3ccc(Cl)cc3)cc2)CC1. The quantitative estimate of drug-likeness (QED) is 0.753. The van der Waals surface area contributed by atoms with Gasteiger partial charge in [0.1, 0.15) is 0 Å². The zero-order chi connectivity index (χ0) is 21.7. The molecule has 8 nitrogen and oxygen atoms in total. The van der Waals surface area contributed by atoms with Crippen molar-refractivity contribution in [2.45, 2.75) is 11.8 Å². The van der Waals surface area contributed by atoms with Crippen molar-refractivity contribution in [1.82, 2.24) is 9.21 Å². The van der Waals surface area contributed by atoms with Crippen LogP contribution in [0, 0.1) is 0 Å². The fourth-order valence-electron chi connectivity index (χ4n) is 2.99. The van der Waals surface area contributed by atoms with Crippen molar-refractivity contribution >= 4 is 39.3 Å². The van der Waals surface area contributed by atoms with E-state index in [1.807, 2.05) is 0 Å². The predicted octanol–water partition coefficient (Wildman–Crippen LogP) is 3.06. The lowest BCUT2D eigenvalue weighted by Gasteiger charge is -2.33. The molecular weight excluding hydrogens is 430 g/mol. The second-order valence-electron chi connectivity index (χ2n) is 6.58. The number of sulfonamides is 1. The maximum Gasteiger partial charge on any atom is 0.409 e. The Kier molecular flexibility index (Phi) is 6.96. The van der Waals surface area contributed by atoms with Gasteiger partial charge in [-0.2, -0.15) is 4.31 Å². The molecule has 2 aromatic carbocycles. The first-order chi connectivity index (χ1) is 14.3. The van der Waals surface area contributed by atoms with Crippen LogP contribution in [0.5, 0.6) is 0 Å². The van der Waals surface area contributed by atoms with Gasteiger partial charge in [-0.15, -0.1) is 0 Å². The van der Waals surface area contributed by atoms with Crippen molar-refractivity contribution < 1.29 is 22.7 Å². The highest BCUT2D eigenvalue weighted by Crippen LogP contribution is 2.20. The number of piperazine rings is 1. The van der Waals surface area contributed by atoms with Gasteiger partial charge in [0.25, 0.3) is 5.91 Å². The number of rotatable bonds is 5. The number of ether oxygens (including phenoxy) is 1. The standard InChI is InChI=1S/C20H22ClN3O5S/c1-2-29-20(26)23-11-13-24(14-12-23)30(27,28)18-9-3-15(4-10-18)19(25)22-17-7-5-16(21)6-8-17/h3-10H,2,11-14H2,1H3,(H,22,25). The molecule has 160 valence electrons. The van der Waals surface area contributed by atoms with Gasteiger partial charge in [-0.3, -0.25) is 4.79 Å². The highest BCUT2D eigenvalue weighted by molar-refractivity contribution is 7.89. The van der Waals surface area contributed by atoms with Crippen molar-refractivity contribution in [2.24, 2.45) is 0 Å². The third-order valence-corrected chi connectivity index (χ3v) is 6.79. The normalized spacial score (nSPS) is 14.9. The lowest BCUT2D eigenvalue weighted by Crippen LogP contribution is -2.50. The van der Waals surface area contributed by atoms with E-state index in [0.29, 0.717) is 16.3 Å². The first-order valence-electron chi connectivity index (χ1n) is 9.40. The molecule has 2 amide bonds. The van der Waals surface area contributed by atoms with Crippen LogP contribution in [0.1, 0.15) is 17.3 Å². The minimum atomic E-state index is -3.72. The van der Waals surface area contributed by atoms with E-state index >= 15 is 0 Å². The van der Waals surface area contributed by atoms with Crippen molar-refractivity contribution in [1.29, 1.82) is 0 Å². The number of hydrogen-bond donors (Lipinski definition) is 1. The number of amides is 2. The van der Waals surface area contributed by atoms with Gasteiger partial charge < -0.3 is 15.0 Å². The molecular formula is C20H22ClN3O5S. The summed E-state index contributed by atoms with van der Waals surface area (Å²) in [5.74, 6) is -0.357. The molecule has 1 N–H and O–H groups in total. The second-order valence-corrected chi connectivity index (χ2v) is 8.95. The number of carbonyl (C=O) groups is 2. The van der Waals surface area contributed by atoms with Gasteiger partial charge in [0.05, 0.1) is 11.5 Å². The highest BCUT2D eigenvalue weighted by atomic mass is 35.5. The summed E-state index contributed by atoms with van der Waals surface area (Å²) >= 11 is 5.83. The van der Waals surface area contributed by atoms with Crippen LogP contribution in [0.4, 0.5) is 10.5 Å².